The number of thiophene rings is 1. The van der Waals surface area contributed by atoms with E-state index in [-0.39, 0.29) is 12.4 Å². The summed E-state index contributed by atoms with van der Waals surface area (Å²) in [6, 6.07) is 7.87. The molecule has 1 N–H and O–H groups in total. The number of aromatic nitrogens is 1. The summed E-state index contributed by atoms with van der Waals surface area (Å²) < 4.78 is 2.03. The van der Waals surface area contributed by atoms with E-state index in [1.165, 1.54) is 11.8 Å². The van der Waals surface area contributed by atoms with Gasteiger partial charge >= 0.3 is 0 Å². The van der Waals surface area contributed by atoms with Gasteiger partial charge < -0.3 is 17.6 Å². The molecule has 0 spiro atoms. The number of rotatable bonds is 3. The van der Waals surface area contributed by atoms with Crippen molar-refractivity contribution >= 4 is 17.6 Å². The lowest BCUT2D eigenvalue weighted by Gasteiger charge is -1.97. The molecule has 16 heavy (non-hydrogen) atoms. The molecule has 0 aliphatic carbocycles. The third-order valence-electron chi connectivity index (χ3n) is 2.10. The number of nitrogens with zero attached hydrogens (tertiary/aromatic N) is 2. The monoisotopic (exact) mass is 254 g/mol. The fourth-order valence-corrected chi connectivity index (χ4v) is 2.05. The fourth-order valence-electron chi connectivity index (χ4n) is 1.39. The van der Waals surface area contributed by atoms with Crippen molar-refractivity contribution in [3.8, 4) is 0 Å². The lowest BCUT2D eigenvalue weighted by molar-refractivity contribution is -0.689. The molecular weight excluding hydrogens is 244 g/mol. The van der Waals surface area contributed by atoms with Crippen LogP contribution in [0.3, 0.4) is 0 Å². The predicted octanol–water partition coefficient (Wildman–Crippen LogP) is -1.10. The van der Waals surface area contributed by atoms with Gasteiger partial charge in [0.1, 0.15) is 6.21 Å². The summed E-state index contributed by atoms with van der Waals surface area (Å²) in [5.41, 5.74) is 2.13. The van der Waals surface area contributed by atoms with Crippen molar-refractivity contribution in [2.45, 2.75) is 6.54 Å². The minimum atomic E-state index is 0. The second kappa shape index (κ2) is 6.25. The molecule has 0 amide bonds. The molecule has 3 nitrogen and oxygen atoms in total. The van der Waals surface area contributed by atoms with Crippen molar-refractivity contribution in [2.24, 2.45) is 5.16 Å². The molecule has 5 heteroatoms. The lowest BCUT2D eigenvalue weighted by Crippen LogP contribution is -3.00. The van der Waals surface area contributed by atoms with Gasteiger partial charge in [0.05, 0.1) is 0 Å². The minimum absolute atomic E-state index is 0. The number of oxime groups is 1. The molecule has 2 rings (SSSR count). The summed E-state index contributed by atoms with van der Waals surface area (Å²) in [6.45, 7) is 0.797. The van der Waals surface area contributed by atoms with Crippen LogP contribution < -0.4 is 17.0 Å². The predicted molar refractivity (Wildman–Crippen MR) is 59.4 cm³/mol. The Balaban J connectivity index is 0.00000128. The van der Waals surface area contributed by atoms with Crippen LogP contribution in [0.15, 0.2) is 46.4 Å². The average Bonchev–Trinajstić information content (AvgIpc) is 2.74. The molecule has 0 saturated carbocycles. The third-order valence-corrected chi connectivity index (χ3v) is 2.83. The first-order chi connectivity index (χ1) is 7.40. The minimum Gasteiger partial charge on any atom is -1.00 e. The molecule has 0 aliphatic heterocycles. The molecule has 0 bridgehead atoms. The Hall–Kier alpha value is -1.39. The van der Waals surface area contributed by atoms with E-state index in [0.717, 1.165) is 12.2 Å². The number of pyridine rings is 1. The molecule has 0 fully saturated rings. The van der Waals surface area contributed by atoms with Gasteiger partial charge in [-0.15, -0.1) is 0 Å². The highest BCUT2D eigenvalue weighted by Crippen LogP contribution is 2.05. The summed E-state index contributed by atoms with van der Waals surface area (Å²) in [7, 11) is 0. The van der Waals surface area contributed by atoms with Crippen LogP contribution in [0.25, 0.3) is 0 Å². The molecule has 0 aliphatic rings. The standard InChI is InChI=1S/C11H10N2OS.ClH/c14-12-7-11-3-1-2-5-13(11)8-10-4-6-15-9-10;/h1-7,9H,8H2;1H. The Kier molecular flexibility index (Phi) is 4.95. The summed E-state index contributed by atoms with van der Waals surface area (Å²) >= 11 is 1.68. The average molecular weight is 255 g/mol. The molecule has 0 atom stereocenters. The first-order valence-corrected chi connectivity index (χ1v) is 5.51. The number of hydrogen-bond donors (Lipinski definition) is 1. The summed E-state index contributed by atoms with van der Waals surface area (Å²) in [4.78, 5) is 0. The highest BCUT2D eigenvalue weighted by Gasteiger charge is 2.08. The molecular formula is C11H11ClN2OS. The first kappa shape index (κ1) is 12.7. The van der Waals surface area contributed by atoms with Gasteiger partial charge in [0.2, 0.25) is 5.69 Å². The van der Waals surface area contributed by atoms with Crippen molar-refractivity contribution in [3.05, 3.63) is 52.5 Å². The van der Waals surface area contributed by atoms with Gasteiger partial charge in [-0.05, 0) is 17.5 Å². The molecule has 2 aromatic rings. The SMILES string of the molecule is O/N=C/c1cccc[n+]1Cc1ccsc1.[Cl-]. The molecule has 84 valence electrons. The molecule has 0 saturated heterocycles. The van der Waals surface area contributed by atoms with Crippen LogP contribution in [0.4, 0.5) is 0 Å². The third kappa shape index (κ3) is 3.05. The van der Waals surface area contributed by atoms with E-state index in [4.69, 9.17) is 5.21 Å². The van der Waals surface area contributed by atoms with Gasteiger partial charge in [0, 0.05) is 23.1 Å². The highest BCUT2D eigenvalue weighted by atomic mass is 35.5. The molecule has 0 radical (unpaired) electrons. The fraction of sp³-hybridized carbons (Fsp3) is 0.0909. The van der Waals surface area contributed by atoms with Crippen LogP contribution in [0, 0.1) is 0 Å². The van der Waals surface area contributed by atoms with E-state index in [9.17, 15) is 0 Å². The van der Waals surface area contributed by atoms with Crippen LogP contribution in [-0.2, 0) is 6.54 Å². The Morgan fingerprint density at radius 1 is 1.38 bits per heavy atom. The Bertz CT molecular complexity index is 457. The normalized spacial score (nSPS) is 10.2. The van der Waals surface area contributed by atoms with Crippen LogP contribution >= 0.6 is 11.3 Å². The maximum atomic E-state index is 8.53. The van der Waals surface area contributed by atoms with Crippen LogP contribution in [0.5, 0.6) is 0 Å². The van der Waals surface area contributed by atoms with E-state index in [0.29, 0.717) is 0 Å². The van der Waals surface area contributed by atoms with Crippen molar-refractivity contribution in [2.75, 3.05) is 0 Å². The van der Waals surface area contributed by atoms with Crippen molar-refractivity contribution in [1.29, 1.82) is 0 Å². The largest absolute Gasteiger partial charge is 1.00 e. The zero-order valence-electron chi connectivity index (χ0n) is 8.45. The maximum absolute atomic E-state index is 8.53. The molecule has 0 aromatic carbocycles. The van der Waals surface area contributed by atoms with Gasteiger partial charge in [0.15, 0.2) is 12.7 Å². The molecule has 0 unspecified atom stereocenters. The Morgan fingerprint density at radius 2 is 2.25 bits per heavy atom. The van der Waals surface area contributed by atoms with E-state index >= 15 is 0 Å². The van der Waals surface area contributed by atoms with Gasteiger partial charge in [-0.1, -0.05) is 5.16 Å². The van der Waals surface area contributed by atoms with E-state index in [2.05, 4.69) is 22.0 Å². The topological polar surface area (TPSA) is 36.5 Å². The van der Waals surface area contributed by atoms with Gasteiger partial charge in [-0.2, -0.15) is 15.9 Å². The second-order valence-electron chi connectivity index (χ2n) is 3.13. The Morgan fingerprint density at radius 3 is 2.94 bits per heavy atom. The smallest absolute Gasteiger partial charge is 0.227 e. The van der Waals surface area contributed by atoms with Crippen LogP contribution in [0.1, 0.15) is 11.3 Å². The second-order valence-corrected chi connectivity index (χ2v) is 3.91. The zero-order valence-corrected chi connectivity index (χ0v) is 10.0. The van der Waals surface area contributed by atoms with Gasteiger partial charge in [-0.25, -0.2) is 0 Å². The Labute approximate surface area is 104 Å². The highest BCUT2D eigenvalue weighted by molar-refractivity contribution is 7.07. The van der Waals surface area contributed by atoms with Crippen LogP contribution in [0.2, 0.25) is 0 Å². The van der Waals surface area contributed by atoms with Gasteiger partial charge in [0.25, 0.3) is 0 Å². The van der Waals surface area contributed by atoms with Crippen LogP contribution in [-0.4, -0.2) is 11.4 Å². The zero-order chi connectivity index (χ0) is 10.5. The maximum Gasteiger partial charge on any atom is 0.227 e. The quantitative estimate of drug-likeness (QED) is 0.321. The van der Waals surface area contributed by atoms with Crippen molar-refractivity contribution in [1.82, 2.24) is 0 Å². The number of halogens is 1. The van der Waals surface area contributed by atoms with Crippen molar-refractivity contribution < 1.29 is 22.2 Å². The van der Waals surface area contributed by atoms with Gasteiger partial charge in [-0.3, -0.25) is 0 Å². The number of hydrogen-bond acceptors (Lipinski definition) is 3. The summed E-state index contributed by atoms with van der Waals surface area (Å²) in [5.74, 6) is 0. The first-order valence-electron chi connectivity index (χ1n) is 4.57. The van der Waals surface area contributed by atoms with E-state index in [1.54, 1.807) is 11.3 Å². The van der Waals surface area contributed by atoms with Crippen molar-refractivity contribution in [3.63, 3.8) is 0 Å². The van der Waals surface area contributed by atoms with E-state index in [1.807, 2.05) is 29.0 Å². The molecule has 2 aromatic heterocycles. The lowest BCUT2D eigenvalue weighted by atomic mass is 10.3. The summed E-state index contributed by atoms with van der Waals surface area (Å²) in [5, 5.41) is 15.7. The molecule has 2 heterocycles. The van der Waals surface area contributed by atoms with E-state index < -0.39 is 0 Å². The summed E-state index contributed by atoms with van der Waals surface area (Å²) in [6.07, 6.45) is 3.40.